The van der Waals surface area contributed by atoms with Gasteiger partial charge in [-0.1, -0.05) is 92.7 Å². The lowest BCUT2D eigenvalue weighted by Crippen LogP contribution is -2.58. The van der Waals surface area contributed by atoms with Crippen LogP contribution < -0.4 is 20.7 Å². The zero-order valence-electron chi connectivity index (χ0n) is 32.0. The van der Waals surface area contributed by atoms with Crippen molar-refractivity contribution in [2.45, 2.75) is 83.7 Å². The highest BCUT2D eigenvalue weighted by molar-refractivity contribution is 5.93. The average molecular weight is 745 g/mol. The molecule has 0 aromatic heterocycles. The van der Waals surface area contributed by atoms with E-state index in [-0.39, 0.29) is 37.7 Å². The molecular weight excluding hydrogens is 688 g/mol. The fraction of sp³-hybridized carbons (Fsp3) is 0.476. The summed E-state index contributed by atoms with van der Waals surface area (Å²) >= 11 is 0. The van der Waals surface area contributed by atoms with Gasteiger partial charge in [0.05, 0.1) is 37.9 Å². The Morgan fingerprint density at radius 1 is 0.778 bits per heavy atom. The molecule has 4 amide bonds. The number of amides is 4. The van der Waals surface area contributed by atoms with E-state index in [2.05, 4.69) is 16.0 Å². The summed E-state index contributed by atoms with van der Waals surface area (Å²) in [5.41, 5.74) is 0.983. The molecule has 1 aliphatic rings. The molecule has 0 saturated carbocycles. The van der Waals surface area contributed by atoms with Gasteiger partial charge in [0.1, 0.15) is 23.4 Å². The molecule has 0 radical (unpaired) electrons. The first kappa shape index (κ1) is 41.8. The van der Waals surface area contributed by atoms with E-state index >= 15 is 0 Å². The molecule has 1 unspecified atom stereocenters. The van der Waals surface area contributed by atoms with Crippen molar-refractivity contribution in [2.24, 2.45) is 11.8 Å². The van der Waals surface area contributed by atoms with Crippen LogP contribution >= 0.6 is 0 Å². The second-order valence-corrected chi connectivity index (χ2v) is 15.0. The van der Waals surface area contributed by atoms with Gasteiger partial charge in [0.2, 0.25) is 17.7 Å². The standard InChI is InChI=1S/C42H56N4O8/c1-29(2)37(39(49)43-35(26-31-17-11-7-12-18-31)40(50)46-21-23-52-24-22-46)45-38(48)32(28-53-33-19-13-8-14-20-33)27-36(47)34(25-30-15-9-6-10-16-30)44-41(51)54-42(3,4)5/h6-20,29,32,34-37,47H,21-28H2,1-5H3,(H,43,49)(H,44,51)(H,45,48)/t32-,34-,35-,36?,37-/m0/s1. The molecule has 1 aliphatic heterocycles. The van der Waals surface area contributed by atoms with Crippen molar-refractivity contribution in [3.8, 4) is 5.75 Å². The predicted molar refractivity (Wildman–Crippen MR) is 206 cm³/mol. The monoisotopic (exact) mass is 744 g/mol. The van der Waals surface area contributed by atoms with Gasteiger partial charge in [-0.05, 0) is 62.8 Å². The molecule has 1 saturated heterocycles. The van der Waals surface area contributed by atoms with Gasteiger partial charge >= 0.3 is 6.09 Å². The normalized spacial score (nSPS) is 15.9. The fourth-order valence-electron chi connectivity index (χ4n) is 6.15. The first-order valence-corrected chi connectivity index (χ1v) is 18.7. The minimum atomic E-state index is -1.21. The zero-order chi connectivity index (χ0) is 39.1. The Kier molecular flexibility index (Phi) is 15.9. The van der Waals surface area contributed by atoms with E-state index in [9.17, 15) is 24.3 Å². The van der Waals surface area contributed by atoms with Gasteiger partial charge in [-0.3, -0.25) is 14.4 Å². The van der Waals surface area contributed by atoms with Crippen molar-refractivity contribution in [3.05, 3.63) is 102 Å². The van der Waals surface area contributed by atoms with Crippen molar-refractivity contribution in [3.63, 3.8) is 0 Å². The molecule has 1 heterocycles. The third kappa shape index (κ3) is 13.8. The highest BCUT2D eigenvalue weighted by Gasteiger charge is 2.35. The molecule has 0 spiro atoms. The van der Waals surface area contributed by atoms with E-state index in [0.29, 0.717) is 32.1 Å². The lowest BCUT2D eigenvalue weighted by atomic mass is 9.92. The molecule has 12 heteroatoms. The summed E-state index contributed by atoms with van der Waals surface area (Å²) < 4.78 is 17.0. The van der Waals surface area contributed by atoms with Gasteiger partial charge in [-0.25, -0.2) is 4.79 Å². The molecule has 4 rings (SSSR count). The predicted octanol–water partition coefficient (Wildman–Crippen LogP) is 4.30. The van der Waals surface area contributed by atoms with E-state index in [4.69, 9.17) is 14.2 Å². The van der Waals surface area contributed by atoms with Crippen molar-refractivity contribution in [1.82, 2.24) is 20.9 Å². The summed E-state index contributed by atoms with van der Waals surface area (Å²) in [5, 5.41) is 20.4. The van der Waals surface area contributed by atoms with Crippen molar-refractivity contribution < 1.29 is 38.5 Å². The van der Waals surface area contributed by atoms with Crippen LogP contribution in [0.2, 0.25) is 0 Å². The fourth-order valence-corrected chi connectivity index (χ4v) is 6.15. The van der Waals surface area contributed by atoms with Crippen molar-refractivity contribution >= 4 is 23.8 Å². The summed E-state index contributed by atoms with van der Waals surface area (Å²) in [6, 6.07) is 25.1. The molecule has 292 valence electrons. The molecule has 0 bridgehead atoms. The summed E-state index contributed by atoms with van der Waals surface area (Å²) in [4.78, 5) is 56.5. The number of carbonyl (C=O) groups excluding carboxylic acids is 4. The number of hydrogen-bond donors (Lipinski definition) is 4. The number of aliphatic hydroxyl groups excluding tert-OH is 1. The van der Waals surface area contributed by atoms with Crippen LogP contribution in [0, 0.1) is 11.8 Å². The summed E-state index contributed by atoms with van der Waals surface area (Å²) in [6.07, 6.45) is -1.47. The topological polar surface area (TPSA) is 156 Å². The third-order valence-corrected chi connectivity index (χ3v) is 9.02. The summed E-state index contributed by atoms with van der Waals surface area (Å²) in [7, 11) is 0. The van der Waals surface area contributed by atoms with Crippen LogP contribution in [0.5, 0.6) is 5.75 Å². The first-order chi connectivity index (χ1) is 25.8. The number of ether oxygens (including phenoxy) is 3. The van der Waals surface area contributed by atoms with E-state index in [0.717, 1.165) is 11.1 Å². The van der Waals surface area contributed by atoms with Crippen molar-refractivity contribution in [2.75, 3.05) is 32.9 Å². The second kappa shape index (κ2) is 20.5. The van der Waals surface area contributed by atoms with Gasteiger partial charge in [0.15, 0.2) is 0 Å². The Hall–Kier alpha value is -4.94. The molecule has 54 heavy (non-hydrogen) atoms. The maximum atomic E-state index is 14.2. The third-order valence-electron chi connectivity index (χ3n) is 9.02. The molecule has 12 nitrogen and oxygen atoms in total. The van der Waals surface area contributed by atoms with Gasteiger partial charge in [0, 0.05) is 19.5 Å². The summed E-state index contributed by atoms with van der Waals surface area (Å²) in [6.45, 7) is 10.4. The lowest BCUT2D eigenvalue weighted by molar-refractivity contribution is -0.141. The lowest BCUT2D eigenvalue weighted by Gasteiger charge is -2.32. The smallest absolute Gasteiger partial charge is 0.407 e. The highest BCUT2D eigenvalue weighted by Crippen LogP contribution is 2.19. The van der Waals surface area contributed by atoms with Crippen LogP contribution in [0.25, 0.3) is 0 Å². The number of hydrogen-bond acceptors (Lipinski definition) is 8. The SMILES string of the molecule is CC(C)[C@H](NC(=O)[C@H](COc1ccccc1)CC(O)[C@H](Cc1ccccc1)NC(=O)OC(C)(C)C)C(=O)N[C@@H](Cc1ccccc1)C(=O)N1CCOCC1. The summed E-state index contributed by atoms with van der Waals surface area (Å²) in [5.74, 6) is -2.01. The molecule has 1 fully saturated rings. The van der Waals surface area contributed by atoms with Crippen LogP contribution in [0.3, 0.4) is 0 Å². The Morgan fingerprint density at radius 3 is 1.89 bits per heavy atom. The quantitative estimate of drug-likeness (QED) is 0.160. The molecule has 3 aromatic carbocycles. The van der Waals surface area contributed by atoms with Crippen LogP contribution in [0.1, 0.15) is 52.2 Å². The van der Waals surface area contributed by atoms with Crippen LogP contribution in [0.4, 0.5) is 4.79 Å². The van der Waals surface area contributed by atoms with E-state index in [1.165, 1.54) is 0 Å². The van der Waals surface area contributed by atoms with Crippen molar-refractivity contribution in [1.29, 1.82) is 0 Å². The van der Waals surface area contributed by atoms with Gasteiger partial charge < -0.3 is 40.2 Å². The Morgan fingerprint density at radius 2 is 1.33 bits per heavy atom. The first-order valence-electron chi connectivity index (χ1n) is 18.7. The van der Waals surface area contributed by atoms with Gasteiger partial charge in [-0.2, -0.15) is 0 Å². The number of para-hydroxylation sites is 1. The largest absolute Gasteiger partial charge is 0.493 e. The van der Waals surface area contributed by atoms with Gasteiger partial charge in [-0.15, -0.1) is 0 Å². The molecule has 0 aliphatic carbocycles. The number of carbonyl (C=O) groups is 4. The van der Waals surface area contributed by atoms with Crippen LogP contribution in [0.15, 0.2) is 91.0 Å². The number of rotatable bonds is 17. The van der Waals surface area contributed by atoms with E-state index in [1.54, 1.807) is 37.8 Å². The highest BCUT2D eigenvalue weighted by atomic mass is 16.6. The molecule has 3 aromatic rings. The number of morpholine rings is 1. The number of alkyl carbamates (subject to hydrolysis) is 1. The Balaban J connectivity index is 1.55. The second-order valence-electron chi connectivity index (χ2n) is 15.0. The number of aliphatic hydroxyl groups is 1. The van der Waals surface area contributed by atoms with E-state index in [1.807, 2.05) is 92.7 Å². The number of nitrogens with one attached hydrogen (secondary N) is 3. The average Bonchev–Trinajstić information content (AvgIpc) is 3.15. The maximum Gasteiger partial charge on any atom is 0.407 e. The number of nitrogens with zero attached hydrogens (tertiary/aromatic N) is 1. The van der Waals surface area contributed by atoms with E-state index < -0.39 is 53.7 Å². The maximum absolute atomic E-state index is 14.2. The zero-order valence-corrected chi connectivity index (χ0v) is 32.0. The molecule has 5 atom stereocenters. The van der Waals surface area contributed by atoms with Gasteiger partial charge in [0.25, 0.3) is 0 Å². The molecular formula is C42H56N4O8. The minimum Gasteiger partial charge on any atom is -0.493 e. The Bertz CT molecular complexity index is 1610. The van der Waals surface area contributed by atoms with Crippen LogP contribution in [-0.2, 0) is 36.7 Å². The molecule has 4 N–H and O–H groups in total. The number of benzene rings is 3. The minimum absolute atomic E-state index is 0.107. The Labute approximate surface area is 318 Å². The van der Waals surface area contributed by atoms with Crippen LogP contribution in [-0.4, -0.2) is 96.6 Å².